The van der Waals surface area contributed by atoms with Crippen molar-refractivity contribution in [3.8, 4) is 18.4 Å². The number of allylic oxidation sites excluding steroid dienone is 1. The highest BCUT2D eigenvalue weighted by molar-refractivity contribution is 9.28. The smallest absolute Gasteiger partial charge is 0.324 e. The highest BCUT2D eigenvalue weighted by Gasteiger charge is 2.61. The van der Waals surface area contributed by atoms with Gasteiger partial charge in [0.15, 0.2) is 6.54 Å². The zero-order valence-corrected chi connectivity index (χ0v) is 17.2. The molecule has 1 aliphatic carbocycles. The van der Waals surface area contributed by atoms with Crippen molar-refractivity contribution in [1.29, 1.82) is 5.26 Å². The van der Waals surface area contributed by atoms with E-state index in [1.165, 1.54) is 16.8 Å². The van der Waals surface area contributed by atoms with Gasteiger partial charge in [0.1, 0.15) is 12.3 Å². The van der Waals surface area contributed by atoms with E-state index in [1.807, 2.05) is 26.0 Å². The van der Waals surface area contributed by atoms with Crippen LogP contribution in [0.15, 0.2) is 21.7 Å². The van der Waals surface area contributed by atoms with E-state index in [4.69, 9.17) is 11.2 Å². The Morgan fingerprint density at radius 2 is 2.27 bits per heavy atom. The topological polar surface area (TPSA) is 98.2 Å². The van der Waals surface area contributed by atoms with Gasteiger partial charge in [-0.05, 0) is 48.1 Å². The molecule has 1 aromatic rings. The van der Waals surface area contributed by atoms with E-state index in [-0.39, 0.29) is 29.3 Å². The number of aromatic nitrogens is 1. The summed E-state index contributed by atoms with van der Waals surface area (Å²) < 4.78 is 7.29. The number of rotatable bonds is 6. The Labute approximate surface area is 167 Å². The lowest BCUT2D eigenvalue weighted by molar-refractivity contribution is -0.391. The van der Waals surface area contributed by atoms with Crippen LogP contribution in [0.25, 0.3) is 0 Å². The molecule has 7 nitrogen and oxygen atoms in total. The lowest BCUT2D eigenvalue weighted by Crippen LogP contribution is -2.14. The summed E-state index contributed by atoms with van der Waals surface area (Å²) in [6.07, 6.45) is 7.19. The standard InChI is InChI=1S/C17H15Br2N3O4/c1-4-5-21-9-10(6-14(21)22(24)25)12(8-20)26-16(23)15-11(7-13(18)19)17(15,2)3/h1,6-7,9,11-12,15H,5H2,2-3H3/t11-,12?,15-/m0/s1. The van der Waals surface area contributed by atoms with Gasteiger partial charge in [-0.25, -0.2) is 4.57 Å². The number of carbonyl (C=O) groups excluding carboxylic acids is 1. The number of carbonyl (C=O) groups is 1. The van der Waals surface area contributed by atoms with Gasteiger partial charge in [0, 0.05) is 6.07 Å². The van der Waals surface area contributed by atoms with Crippen LogP contribution in [0.5, 0.6) is 0 Å². The summed E-state index contributed by atoms with van der Waals surface area (Å²) in [6, 6.07) is 3.07. The van der Waals surface area contributed by atoms with Crippen LogP contribution >= 0.6 is 31.9 Å². The lowest BCUT2D eigenvalue weighted by Gasteiger charge is -2.09. The first kappa shape index (κ1) is 20.2. The summed E-state index contributed by atoms with van der Waals surface area (Å²) in [7, 11) is 0. The summed E-state index contributed by atoms with van der Waals surface area (Å²) in [6.45, 7) is 3.83. The number of halogens is 2. The van der Waals surface area contributed by atoms with Crippen LogP contribution in [0.2, 0.25) is 0 Å². The van der Waals surface area contributed by atoms with E-state index in [0.717, 1.165) is 3.39 Å². The maximum atomic E-state index is 12.5. The number of esters is 1. The minimum absolute atomic E-state index is 0.0236. The molecule has 0 radical (unpaired) electrons. The predicted molar refractivity (Wildman–Crippen MR) is 101 cm³/mol. The second kappa shape index (κ2) is 7.65. The van der Waals surface area contributed by atoms with Crippen molar-refractivity contribution in [2.24, 2.45) is 17.3 Å². The Hall–Kier alpha value is -2.10. The van der Waals surface area contributed by atoms with Gasteiger partial charge in [-0.15, -0.1) is 6.42 Å². The average Bonchev–Trinajstić information content (AvgIpc) is 2.90. The molecule has 1 heterocycles. The minimum Gasteiger partial charge on any atom is -0.442 e. The summed E-state index contributed by atoms with van der Waals surface area (Å²) in [5.74, 6) is 1.09. The van der Waals surface area contributed by atoms with Crippen LogP contribution in [-0.4, -0.2) is 15.5 Å². The average molecular weight is 485 g/mol. The largest absolute Gasteiger partial charge is 0.442 e. The lowest BCUT2D eigenvalue weighted by atomic mass is 10.1. The molecule has 2 rings (SSSR count). The Balaban J connectivity index is 2.21. The molecular weight excluding hydrogens is 470 g/mol. The van der Waals surface area contributed by atoms with E-state index in [9.17, 15) is 20.2 Å². The zero-order chi connectivity index (χ0) is 19.6. The number of terminal acetylenes is 1. The first-order valence-corrected chi connectivity index (χ1v) is 9.13. The third-order valence-corrected chi connectivity index (χ3v) is 5.00. The number of nitro groups is 1. The van der Waals surface area contributed by atoms with Crippen molar-refractivity contribution >= 4 is 43.6 Å². The quantitative estimate of drug-likeness (QED) is 0.262. The van der Waals surface area contributed by atoms with Gasteiger partial charge in [-0.1, -0.05) is 25.8 Å². The van der Waals surface area contributed by atoms with Gasteiger partial charge in [-0.3, -0.25) is 4.79 Å². The van der Waals surface area contributed by atoms with Crippen molar-refractivity contribution in [1.82, 2.24) is 4.57 Å². The van der Waals surface area contributed by atoms with Crippen LogP contribution in [-0.2, 0) is 16.1 Å². The molecule has 1 unspecified atom stereocenters. The van der Waals surface area contributed by atoms with Gasteiger partial charge in [-0.2, -0.15) is 5.26 Å². The monoisotopic (exact) mass is 483 g/mol. The summed E-state index contributed by atoms with van der Waals surface area (Å²) in [4.78, 5) is 23.0. The number of nitrogens with zero attached hydrogens (tertiary/aromatic N) is 3. The van der Waals surface area contributed by atoms with E-state index in [2.05, 4.69) is 37.8 Å². The van der Waals surface area contributed by atoms with Crippen molar-refractivity contribution < 1.29 is 14.5 Å². The van der Waals surface area contributed by atoms with E-state index < -0.39 is 22.9 Å². The molecular formula is C17H15Br2N3O4. The second-order valence-electron chi connectivity index (χ2n) is 6.45. The van der Waals surface area contributed by atoms with Gasteiger partial charge >= 0.3 is 11.8 Å². The molecule has 1 aromatic heterocycles. The highest BCUT2D eigenvalue weighted by atomic mass is 79.9. The fourth-order valence-corrected chi connectivity index (χ4v) is 3.54. The van der Waals surface area contributed by atoms with E-state index >= 15 is 0 Å². The third-order valence-electron chi connectivity index (χ3n) is 4.47. The van der Waals surface area contributed by atoms with Crippen molar-refractivity contribution in [3.63, 3.8) is 0 Å². The predicted octanol–water partition coefficient (Wildman–Crippen LogP) is 4.04. The van der Waals surface area contributed by atoms with Gasteiger partial charge in [0.2, 0.25) is 6.10 Å². The Morgan fingerprint density at radius 1 is 1.62 bits per heavy atom. The fraction of sp³-hybridized carbons (Fsp3) is 0.412. The number of hydrogen-bond acceptors (Lipinski definition) is 5. The van der Waals surface area contributed by atoms with Crippen molar-refractivity contribution in [2.75, 3.05) is 0 Å². The SMILES string of the molecule is C#CCn1cc(C(C#N)OC(=O)[C@@H]2[C@H](C=C(Br)Br)C2(C)C)cc1[N+](=O)[O-]. The number of ether oxygens (including phenoxy) is 1. The molecule has 0 amide bonds. The summed E-state index contributed by atoms with van der Waals surface area (Å²) >= 11 is 6.55. The Kier molecular flexibility index (Phi) is 5.94. The van der Waals surface area contributed by atoms with Crippen LogP contribution in [0.1, 0.15) is 25.5 Å². The molecule has 26 heavy (non-hydrogen) atoms. The molecule has 1 saturated carbocycles. The molecule has 0 aromatic carbocycles. The normalized spacial score (nSPS) is 21.0. The van der Waals surface area contributed by atoms with Crippen LogP contribution in [0.3, 0.4) is 0 Å². The molecule has 0 aliphatic heterocycles. The minimum atomic E-state index is -1.24. The Bertz CT molecular complexity index is 856. The molecule has 9 heteroatoms. The number of hydrogen-bond donors (Lipinski definition) is 0. The molecule has 3 atom stereocenters. The van der Waals surface area contributed by atoms with Crippen LogP contribution in [0, 0.1) is 51.0 Å². The van der Waals surface area contributed by atoms with E-state index in [1.54, 1.807) is 0 Å². The Morgan fingerprint density at radius 3 is 2.77 bits per heavy atom. The third kappa shape index (κ3) is 4.00. The van der Waals surface area contributed by atoms with Gasteiger partial charge in [0.25, 0.3) is 0 Å². The molecule has 136 valence electrons. The van der Waals surface area contributed by atoms with Crippen LogP contribution < -0.4 is 0 Å². The maximum absolute atomic E-state index is 12.5. The second-order valence-corrected chi connectivity index (χ2v) is 9.22. The van der Waals surface area contributed by atoms with Gasteiger partial charge in [0.05, 0.1) is 14.9 Å². The fourth-order valence-electron chi connectivity index (χ4n) is 2.97. The molecule has 1 fully saturated rings. The summed E-state index contributed by atoms with van der Waals surface area (Å²) in [5.41, 5.74) is -0.0827. The van der Waals surface area contributed by atoms with Crippen molar-refractivity contribution in [2.45, 2.75) is 26.5 Å². The summed E-state index contributed by atoms with van der Waals surface area (Å²) in [5, 5.41) is 20.5. The molecule has 0 saturated heterocycles. The molecule has 0 N–H and O–H groups in total. The van der Waals surface area contributed by atoms with Crippen LogP contribution in [0.4, 0.5) is 5.82 Å². The molecule has 0 spiro atoms. The first-order valence-electron chi connectivity index (χ1n) is 7.54. The zero-order valence-electron chi connectivity index (χ0n) is 14.0. The first-order chi connectivity index (χ1) is 12.1. The molecule has 0 bridgehead atoms. The van der Waals surface area contributed by atoms with E-state index in [0.29, 0.717) is 0 Å². The highest BCUT2D eigenvalue weighted by Crippen LogP contribution is 2.60. The van der Waals surface area contributed by atoms with Crippen molar-refractivity contribution in [3.05, 3.63) is 37.4 Å². The van der Waals surface area contributed by atoms with Gasteiger partial charge < -0.3 is 14.9 Å². The maximum Gasteiger partial charge on any atom is 0.324 e. The molecule has 1 aliphatic rings. The number of nitriles is 1.